The predicted octanol–water partition coefficient (Wildman–Crippen LogP) is 3.14. The summed E-state index contributed by atoms with van der Waals surface area (Å²) >= 11 is 0. The average molecular weight is 277 g/mol. The Morgan fingerprint density at radius 2 is 2.10 bits per heavy atom. The van der Waals surface area contributed by atoms with E-state index in [4.69, 9.17) is 4.74 Å². The van der Waals surface area contributed by atoms with Gasteiger partial charge in [0.1, 0.15) is 5.75 Å². The van der Waals surface area contributed by atoms with E-state index in [-0.39, 0.29) is 0 Å². The minimum absolute atomic E-state index is 0.472. The zero-order chi connectivity index (χ0) is 14.5. The number of rotatable bonds is 5. The van der Waals surface area contributed by atoms with Crippen LogP contribution in [0.2, 0.25) is 0 Å². The highest BCUT2D eigenvalue weighted by Gasteiger charge is 2.24. The van der Waals surface area contributed by atoms with Gasteiger partial charge in [-0.15, -0.1) is 0 Å². The van der Waals surface area contributed by atoms with Gasteiger partial charge >= 0.3 is 0 Å². The molecule has 1 aliphatic carbocycles. The van der Waals surface area contributed by atoms with Crippen LogP contribution in [0.25, 0.3) is 0 Å². The van der Waals surface area contributed by atoms with Crippen LogP contribution in [-0.4, -0.2) is 24.8 Å². The fourth-order valence-electron chi connectivity index (χ4n) is 2.98. The van der Waals surface area contributed by atoms with Crippen molar-refractivity contribution in [3.05, 3.63) is 29.8 Å². The Bertz CT molecular complexity index is 421. The molecule has 112 valence electrons. The number of benzene rings is 1. The molecule has 3 heteroatoms. The van der Waals surface area contributed by atoms with Crippen molar-refractivity contribution >= 4 is 0 Å². The summed E-state index contributed by atoms with van der Waals surface area (Å²) in [7, 11) is 1.65. The van der Waals surface area contributed by atoms with Crippen LogP contribution in [0.15, 0.2) is 24.3 Å². The van der Waals surface area contributed by atoms with E-state index < -0.39 is 6.10 Å². The summed E-state index contributed by atoms with van der Waals surface area (Å²) in [5.74, 6) is 2.40. The third-order valence-electron chi connectivity index (χ3n) is 4.68. The van der Waals surface area contributed by atoms with Crippen LogP contribution < -0.4 is 10.1 Å². The summed E-state index contributed by atoms with van der Waals surface area (Å²) < 4.78 is 5.19. The lowest BCUT2D eigenvalue weighted by Gasteiger charge is -2.33. The number of methoxy groups -OCH3 is 1. The third-order valence-corrected chi connectivity index (χ3v) is 4.68. The van der Waals surface area contributed by atoms with Gasteiger partial charge < -0.3 is 15.2 Å². The van der Waals surface area contributed by atoms with Gasteiger partial charge in [-0.1, -0.05) is 26.0 Å². The predicted molar refractivity (Wildman–Crippen MR) is 81.9 cm³/mol. The van der Waals surface area contributed by atoms with E-state index >= 15 is 0 Å². The largest absolute Gasteiger partial charge is 0.497 e. The molecule has 1 saturated carbocycles. The lowest BCUT2D eigenvalue weighted by Crippen LogP contribution is -2.38. The van der Waals surface area contributed by atoms with Gasteiger partial charge in [0.15, 0.2) is 0 Å². The first kappa shape index (κ1) is 15.3. The van der Waals surface area contributed by atoms with Gasteiger partial charge in [0, 0.05) is 12.6 Å². The molecule has 1 fully saturated rings. The van der Waals surface area contributed by atoms with Crippen LogP contribution in [0.5, 0.6) is 5.75 Å². The average Bonchev–Trinajstić information content (AvgIpc) is 2.48. The molecule has 0 aromatic heterocycles. The second kappa shape index (κ2) is 7.09. The summed E-state index contributed by atoms with van der Waals surface area (Å²) in [5, 5.41) is 13.8. The van der Waals surface area contributed by atoms with E-state index in [2.05, 4.69) is 19.2 Å². The highest BCUT2D eigenvalue weighted by Crippen LogP contribution is 2.29. The van der Waals surface area contributed by atoms with Crippen molar-refractivity contribution in [2.24, 2.45) is 11.8 Å². The van der Waals surface area contributed by atoms with Crippen molar-refractivity contribution in [1.82, 2.24) is 5.32 Å². The number of aliphatic hydroxyl groups excluding tert-OH is 1. The second-order valence-corrected chi connectivity index (χ2v) is 6.17. The van der Waals surface area contributed by atoms with Gasteiger partial charge in [-0.2, -0.15) is 0 Å². The summed E-state index contributed by atoms with van der Waals surface area (Å²) in [6, 6.07) is 8.20. The van der Waals surface area contributed by atoms with Crippen LogP contribution in [-0.2, 0) is 0 Å². The van der Waals surface area contributed by atoms with Gasteiger partial charge in [-0.25, -0.2) is 0 Å². The Hall–Kier alpha value is -1.06. The lowest BCUT2D eigenvalue weighted by atomic mass is 9.79. The van der Waals surface area contributed by atoms with Gasteiger partial charge in [-0.3, -0.25) is 0 Å². The Morgan fingerprint density at radius 3 is 2.80 bits per heavy atom. The molecule has 3 nitrogen and oxygen atoms in total. The van der Waals surface area contributed by atoms with Crippen LogP contribution >= 0.6 is 0 Å². The number of aliphatic hydroxyl groups is 1. The summed E-state index contributed by atoms with van der Waals surface area (Å²) in [6.45, 7) is 5.28. The minimum Gasteiger partial charge on any atom is -0.497 e. The van der Waals surface area contributed by atoms with Gasteiger partial charge in [-0.05, 0) is 48.8 Å². The minimum atomic E-state index is -0.472. The third kappa shape index (κ3) is 3.97. The second-order valence-electron chi connectivity index (χ2n) is 6.17. The molecule has 4 atom stereocenters. The molecule has 2 N–H and O–H groups in total. The standard InChI is InChI=1S/C17H27NO2/c1-12-7-8-15(9-13(12)2)18-11-17(19)14-5-4-6-16(10-14)20-3/h4-6,10,12-13,15,17-19H,7-9,11H2,1-3H3. The number of nitrogens with one attached hydrogen (secondary N) is 1. The van der Waals surface area contributed by atoms with E-state index in [0.29, 0.717) is 12.6 Å². The summed E-state index contributed by atoms with van der Waals surface area (Å²) in [4.78, 5) is 0. The van der Waals surface area contributed by atoms with Crippen LogP contribution in [0, 0.1) is 11.8 Å². The highest BCUT2D eigenvalue weighted by molar-refractivity contribution is 5.29. The molecule has 0 saturated heterocycles. The Kier molecular flexibility index (Phi) is 5.44. The first-order valence-corrected chi connectivity index (χ1v) is 7.65. The summed E-state index contributed by atoms with van der Waals surface area (Å²) in [5.41, 5.74) is 0.911. The maximum Gasteiger partial charge on any atom is 0.119 e. The normalized spacial score (nSPS) is 28.1. The molecule has 0 heterocycles. The van der Waals surface area contributed by atoms with Crippen molar-refractivity contribution in [3.8, 4) is 5.75 Å². The first-order chi connectivity index (χ1) is 9.60. The van der Waals surface area contributed by atoms with Crippen molar-refractivity contribution in [2.45, 2.75) is 45.3 Å². The van der Waals surface area contributed by atoms with Crippen molar-refractivity contribution < 1.29 is 9.84 Å². The molecule has 4 unspecified atom stereocenters. The zero-order valence-electron chi connectivity index (χ0n) is 12.8. The fraction of sp³-hybridized carbons (Fsp3) is 0.647. The number of hydrogen-bond donors (Lipinski definition) is 2. The van der Waals surface area contributed by atoms with Crippen molar-refractivity contribution in [2.75, 3.05) is 13.7 Å². The monoisotopic (exact) mass is 277 g/mol. The molecule has 1 aromatic rings. The molecule has 2 rings (SSSR count). The molecule has 20 heavy (non-hydrogen) atoms. The molecular formula is C17H27NO2. The van der Waals surface area contributed by atoms with Gasteiger partial charge in [0.2, 0.25) is 0 Å². The van der Waals surface area contributed by atoms with E-state index in [1.165, 1.54) is 19.3 Å². The topological polar surface area (TPSA) is 41.5 Å². The molecule has 0 radical (unpaired) electrons. The van der Waals surface area contributed by atoms with E-state index in [1.54, 1.807) is 7.11 Å². The smallest absolute Gasteiger partial charge is 0.119 e. The lowest BCUT2D eigenvalue weighted by molar-refractivity contribution is 0.154. The van der Waals surface area contributed by atoms with E-state index in [0.717, 1.165) is 23.1 Å². The van der Waals surface area contributed by atoms with Crippen LogP contribution in [0.1, 0.15) is 44.8 Å². The quantitative estimate of drug-likeness (QED) is 0.869. The van der Waals surface area contributed by atoms with Gasteiger partial charge in [0.05, 0.1) is 13.2 Å². The maximum absolute atomic E-state index is 10.3. The maximum atomic E-state index is 10.3. The molecule has 0 aliphatic heterocycles. The highest BCUT2D eigenvalue weighted by atomic mass is 16.5. The molecule has 0 bridgehead atoms. The number of hydrogen-bond acceptors (Lipinski definition) is 3. The molecule has 0 amide bonds. The van der Waals surface area contributed by atoms with E-state index in [1.807, 2.05) is 24.3 Å². The Labute approximate surface area is 122 Å². The molecular weight excluding hydrogens is 250 g/mol. The number of ether oxygens (including phenoxy) is 1. The van der Waals surface area contributed by atoms with E-state index in [9.17, 15) is 5.11 Å². The molecule has 0 spiro atoms. The molecule has 1 aromatic carbocycles. The Balaban J connectivity index is 1.84. The Morgan fingerprint density at radius 1 is 1.30 bits per heavy atom. The van der Waals surface area contributed by atoms with Crippen molar-refractivity contribution in [1.29, 1.82) is 0 Å². The zero-order valence-corrected chi connectivity index (χ0v) is 12.8. The van der Waals surface area contributed by atoms with Crippen molar-refractivity contribution in [3.63, 3.8) is 0 Å². The SMILES string of the molecule is COc1cccc(C(O)CNC2CCC(C)C(C)C2)c1. The van der Waals surface area contributed by atoms with Crippen LogP contribution in [0.3, 0.4) is 0 Å². The van der Waals surface area contributed by atoms with Crippen LogP contribution in [0.4, 0.5) is 0 Å². The fourth-order valence-corrected chi connectivity index (χ4v) is 2.98. The first-order valence-electron chi connectivity index (χ1n) is 7.65. The summed E-state index contributed by atoms with van der Waals surface area (Å²) in [6.07, 6.45) is 3.25. The van der Waals surface area contributed by atoms with Gasteiger partial charge in [0.25, 0.3) is 0 Å². The molecule has 1 aliphatic rings.